The Balaban J connectivity index is 1.43. The fourth-order valence-electron chi connectivity index (χ4n) is 3.13. The van der Waals surface area contributed by atoms with Gasteiger partial charge in [-0.05, 0) is 37.1 Å². The van der Waals surface area contributed by atoms with Gasteiger partial charge in [0.2, 0.25) is 5.91 Å². The van der Waals surface area contributed by atoms with Crippen LogP contribution in [0.3, 0.4) is 0 Å². The normalized spacial score (nSPS) is 16.9. The first-order valence-corrected chi connectivity index (χ1v) is 8.70. The zero-order valence-corrected chi connectivity index (χ0v) is 14.5. The van der Waals surface area contributed by atoms with Crippen LogP contribution >= 0.6 is 0 Å². The fourth-order valence-corrected chi connectivity index (χ4v) is 3.13. The lowest BCUT2D eigenvalue weighted by Gasteiger charge is -2.32. The highest BCUT2D eigenvalue weighted by molar-refractivity contribution is 5.93. The van der Waals surface area contributed by atoms with E-state index < -0.39 is 5.82 Å². The zero-order chi connectivity index (χ0) is 18.6. The average molecular weight is 367 g/mol. The molecule has 1 fully saturated rings. The number of nitrogens with one attached hydrogen (secondary N) is 1. The van der Waals surface area contributed by atoms with Crippen molar-refractivity contribution in [1.82, 2.24) is 25.0 Å². The minimum atomic E-state index is -0.437. The Kier molecular flexibility index (Phi) is 4.73. The van der Waals surface area contributed by atoms with Crippen molar-refractivity contribution in [2.45, 2.75) is 12.8 Å². The van der Waals surface area contributed by atoms with Gasteiger partial charge in [0, 0.05) is 13.1 Å². The predicted molar refractivity (Wildman–Crippen MR) is 96.9 cm³/mol. The number of halogens is 1. The first-order valence-electron chi connectivity index (χ1n) is 8.70. The van der Waals surface area contributed by atoms with Gasteiger partial charge in [0.15, 0.2) is 11.6 Å². The molecule has 0 radical (unpaired) electrons. The largest absolute Gasteiger partial charge is 0.354 e. The number of benzene rings is 1. The summed E-state index contributed by atoms with van der Waals surface area (Å²) in [5.41, 5.74) is 0.205. The minimum Gasteiger partial charge on any atom is -0.354 e. The molecule has 1 aliphatic rings. The molecular weight excluding hydrogens is 349 g/mol. The molecule has 2 aromatic heterocycles. The van der Waals surface area contributed by atoms with Crippen LogP contribution in [-0.4, -0.2) is 44.0 Å². The molecule has 0 bridgehead atoms. The molecule has 9 heteroatoms. The molecule has 3 aromatic rings. The van der Waals surface area contributed by atoms with Crippen molar-refractivity contribution < 1.29 is 9.18 Å². The van der Waals surface area contributed by atoms with E-state index >= 15 is 0 Å². The summed E-state index contributed by atoms with van der Waals surface area (Å²) in [6, 6.07) is 9.82. The Morgan fingerprint density at radius 3 is 2.70 bits per heavy atom. The van der Waals surface area contributed by atoms with Gasteiger partial charge in [-0.2, -0.15) is 5.10 Å². The van der Waals surface area contributed by atoms with E-state index in [0.29, 0.717) is 18.2 Å². The maximum atomic E-state index is 13.8. The maximum Gasteiger partial charge on any atom is 0.229 e. The van der Waals surface area contributed by atoms with Crippen LogP contribution in [0.4, 0.5) is 15.9 Å². The number of rotatable bonds is 4. The predicted octanol–water partition coefficient (Wildman–Crippen LogP) is 2.05. The Labute approximate surface area is 155 Å². The van der Waals surface area contributed by atoms with Crippen LogP contribution in [-0.2, 0) is 4.79 Å². The van der Waals surface area contributed by atoms with E-state index in [1.165, 1.54) is 17.1 Å². The van der Waals surface area contributed by atoms with Crippen molar-refractivity contribution in [2.75, 3.05) is 23.3 Å². The summed E-state index contributed by atoms with van der Waals surface area (Å²) in [6.07, 6.45) is 4.58. The molecule has 1 amide bonds. The van der Waals surface area contributed by atoms with Crippen molar-refractivity contribution in [1.29, 1.82) is 0 Å². The van der Waals surface area contributed by atoms with Gasteiger partial charge in [0.05, 0.1) is 11.6 Å². The third kappa shape index (κ3) is 3.76. The number of carbonyl (C=O) groups is 1. The van der Waals surface area contributed by atoms with Crippen LogP contribution in [0.25, 0.3) is 5.82 Å². The molecule has 3 heterocycles. The third-order valence-corrected chi connectivity index (χ3v) is 4.54. The summed E-state index contributed by atoms with van der Waals surface area (Å²) in [6.45, 7) is 1.30. The molecule has 0 aliphatic carbocycles. The lowest BCUT2D eigenvalue weighted by Crippen LogP contribution is -2.41. The summed E-state index contributed by atoms with van der Waals surface area (Å²) in [4.78, 5) is 18.5. The summed E-state index contributed by atoms with van der Waals surface area (Å²) < 4.78 is 15.3. The quantitative estimate of drug-likeness (QED) is 0.759. The number of anilines is 2. The van der Waals surface area contributed by atoms with Gasteiger partial charge < -0.3 is 10.2 Å². The second-order valence-corrected chi connectivity index (χ2v) is 6.34. The number of carbonyl (C=O) groups excluding carboxylic acids is 1. The third-order valence-electron chi connectivity index (χ3n) is 4.54. The molecule has 1 atom stereocenters. The highest BCUT2D eigenvalue weighted by atomic mass is 19.1. The standard InChI is InChI=1S/C18H18FN7O/c19-14-5-1-2-6-15(14)22-18(27)13-4-3-9-25(10-13)16-7-8-17(24-23-16)26-12-20-11-21-26/h1-2,5-8,11-13H,3-4,9-10H2,(H,22,27). The summed E-state index contributed by atoms with van der Waals surface area (Å²) in [5, 5.41) is 15.1. The topological polar surface area (TPSA) is 88.8 Å². The number of amides is 1. The molecule has 1 saturated heterocycles. The minimum absolute atomic E-state index is 0.183. The molecule has 1 N–H and O–H groups in total. The SMILES string of the molecule is O=C(Nc1ccccc1F)C1CCCN(c2ccc(-n3cncn3)nn2)C1. The van der Waals surface area contributed by atoms with Gasteiger partial charge in [-0.15, -0.1) is 10.2 Å². The van der Waals surface area contributed by atoms with Crippen LogP contribution in [0, 0.1) is 11.7 Å². The second kappa shape index (κ2) is 7.48. The van der Waals surface area contributed by atoms with E-state index in [9.17, 15) is 9.18 Å². The molecule has 1 aliphatic heterocycles. The molecule has 1 aromatic carbocycles. The van der Waals surface area contributed by atoms with Gasteiger partial charge in [-0.25, -0.2) is 14.1 Å². The van der Waals surface area contributed by atoms with Crippen LogP contribution in [0.15, 0.2) is 49.1 Å². The lowest BCUT2D eigenvalue weighted by atomic mass is 9.97. The first-order chi connectivity index (χ1) is 13.2. The zero-order valence-electron chi connectivity index (χ0n) is 14.5. The van der Waals surface area contributed by atoms with Crippen molar-refractivity contribution in [3.8, 4) is 5.82 Å². The van der Waals surface area contributed by atoms with Crippen LogP contribution in [0.1, 0.15) is 12.8 Å². The van der Waals surface area contributed by atoms with Gasteiger partial charge in [0.1, 0.15) is 18.5 Å². The van der Waals surface area contributed by atoms with Gasteiger partial charge in [-0.1, -0.05) is 12.1 Å². The Morgan fingerprint density at radius 2 is 1.96 bits per heavy atom. The molecule has 0 spiro atoms. The maximum absolute atomic E-state index is 13.8. The van der Waals surface area contributed by atoms with E-state index in [4.69, 9.17) is 0 Å². The molecule has 138 valence electrons. The van der Waals surface area contributed by atoms with Crippen LogP contribution in [0.5, 0.6) is 0 Å². The lowest BCUT2D eigenvalue weighted by molar-refractivity contribution is -0.120. The summed E-state index contributed by atoms with van der Waals surface area (Å²) >= 11 is 0. The number of nitrogens with zero attached hydrogens (tertiary/aromatic N) is 6. The van der Waals surface area contributed by atoms with E-state index in [0.717, 1.165) is 19.4 Å². The number of aromatic nitrogens is 5. The van der Waals surface area contributed by atoms with Crippen LogP contribution < -0.4 is 10.2 Å². The van der Waals surface area contributed by atoms with Gasteiger partial charge in [-0.3, -0.25) is 4.79 Å². The van der Waals surface area contributed by atoms with Crippen molar-refractivity contribution in [2.24, 2.45) is 5.92 Å². The van der Waals surface area contributed by atoms with Crippen molar-refractivity contribution in [3.63, 3.8) is 0 Å². The van der Waals surface area contributed by atoms with E-state index in [1.54, 1.807) is 30.6 Å². The molecule has 27 heavy (non-hydrogen) atoms. The monoisotopic (exact) mass is 367 g/mol. The van der Waals surface area contributed by atoms with Gasteiger partial charge in [0.25, 0.3) is 0 Å². The highest BCUT2D eigenvalue weighted by Gasteiger charge is 2.27. The Bertz CT molecular complexity index is 914. The van der Waals surface area contributed by atoms with Crippen molar-refractivity contribution in [3.05, 3.63) is 54.9 Å². The van der Waals surface area contributed by atoms with Gasteiger partial charge >= 0.3 is 0 Å². The molecule has 8 nitrogen and oxygen atoms in total. The summed E-state index contributed by atoms with van der Waals surface area (Å²) in [5.74, 6) is 0.407. The fraction of sp³-hybridized carbons (Fsp3) is 0.278. The van der Waals surface area contributed by atoms with E-state index in [-0.39, 0.29) is 17.5 Å². The molecule has 0 saturated carbocycles. The number of hydrogen-bond acceptors (Lipinski definition) is 6. The Morgan fingerprint density at radius 1 is 1.15 bits per heavy atom. The van der Waals surface area contributed by atoms with E-state index in [2.05, 4.69) is 25.6 Å². The summed E-state index contributed by atoms with van der Waals surface area (Å²) in [7, 11) is 0. The number of piperidine rings is 1. The van der Waals surface area contributed by atoms with E-state index in [1.807, 2.05) is 11.0 Å². The smallest absolute Gasteiger partial charge is 0.229 e. The number of para-hydroxylation sites is 1. The highest BCUT2D eigenvalue weighted by Crippen LogP contribution is 2.23. The molecule has 1 unspecified atom stereocenters. The molecule has 4 rings (SSSR count). The molecular formula is C18H18FN7O. The average Bonchev–Trinajstić information content (AvgIpc) is 3.25. The second-order valence-electron chi connectivity index (χ2n) is 6.34. The number of hydrogen-bond donors (Lipinski definition) is 1. The van der Waals surface area contributed by atoms with Crippen molar-refractivity contribution >= 4 is 17.4 Å². The Hall–Kier alpha value is -3.36. The first kappa shape index (κ1) is 17.1. The van der Waals surface area contributed by atoms with Crippen LogP contribution in [0.2, 0.25) is 0 Å².